The lowest BCUT2D eigenvalue weighted by atomic mass is 10.1. The second kappa shape index (κ2) is 5.95. The summed E-state index contributed by atoms with van der Waals surface area (Å²) in [5.74, 6) is -0.108. The summed E-state index contributed by atoms with van der Waals surface area (Å²) < 4.78 is 5.26. The molecule has 1 heterocycles. The van der Waals surface area contributed by atoms with E-state index in [1.54, 1.807) is 23.1 Å². The Hall–Kier alpha value is -1.72. The van der Waals surface area contributed by atoms with Gasteiger partial charge in [0.25, 0.3) is 5.91 Å². The van der Waals surface area contributed by atoms with Crippen LogP contribution in [0.25, 0.3) is 0 Å². The zero-order valence-electron chi connectivity index (χ0n) is 11.0. The van der Waals surface area contributed by atoms with Crippen LogP contribution in [0.4, 0.5) is 5.69 Å². The molecule has 0 saturated carbocycles. The molecule has 1 aliphatic rings. The number of amides is 1. The van der Waals surface area contributed by atoms with Crippen molar-refractivity contribution in [1.82, 2.24) is 0 Å². The Bertz CT molecular complexity index is 485. The Morgan fingerprint density at radius 3 is 3.00 bits per heavy atom. The van der Waals surface area contributed by atoms with Crippen molar-refractivity contribution in [2.24, 2.45) is 5.73 Å². The van der Waals surface area contributed by atoms with Gasteiger partial charge in [-0.1, -0.05) is 12.1 Å². The number of ether oxygens (including phenoxy) is 1. The molecule has 102 valence electrons. The van der Waals surface area contributed by atoms with E-state index in [4.69, 9.17) is 10.5 Å². The fourth-order valence-corrected chi connectivity index (χ4v) is 2.26. The predicted octanol–water partition coefficient (Wildman–Crippen LogP) is 0.970. The standard InChI is InChI=1S/C14H18N2O3/c1-10(17)11-3-2-4-12(7-11)16-13(5-6-15)8-19-9-14(16)18/h2-4,7,13H,5-6,8-9,15H2,1H3. The van der Waals surface area contributed by atoms with E-state index in [1.807, 2.05) is 6.07 Å². The number of anilines is 1. The summed E-state index contributed by atoms with van der Waals surface area (Å²) in [5, 5.41) is 0. The summed E-state index contributed by atoms with van der Waals surface area (Å²) in [6.45, 7) is 2.56. The van der Waals surface area contributed by atoms with Gasteiger partial charge in [-0.15, -0.1) is 0 Å². The number of benzene rings is 1. The van der Waals surface area contributed by atoms with Crippen molar-refractivity contribution in [3.8, 4) is 0 Å². The van der Waals surface area contributed by atoms with Crippen molar-refractivity contribution in [2.75, 3.05) is 24.7 Å². The maximum atomic E-state index is 12.0. The third-order valence-corrected chi connectivity index (χ3v) is 3.20. The minimum Gasteiger partial charge on any atom is -0.369 e. The van der Waals surface area contributed by atoms with E-state index in [-0.39, 0.29) is 24.3 Å². The molecular weight excluding hydrogens is 244 g/mol. The average Bonchev–Trinajstić information content (AvgIpc) is 2.39. The molecular formula is C14H18N2O3. The van der Waals surface area contributed by atoms with Gasteiger partial charge in [-0.2, -0.15) is 0 Å². The molecule has 2 N–H and O–H groups in total. The van der Waals surface area contributed by atoms with Crippen molar-refractivity contribution in [2.45, 2.75) is 19.4 Å². The molecule has 1 fully saturated rings. The molecule has 1 amide bonds. The van der Waals surface area contributed by atoms with Crippen LogP contribution < -0.4 is 10.6 Å². The van der Waals surface area contributed by atoms with Crippen LogP contribution in [0, 0.1) is 0 Å². The van der Waals surface area contributed by atoms with Gasteiger partial charge in [-0.3, -0.25) is 9.59 Å². The van der Waals surface area contributed by atoms with Crippen molar-refractivity contribution >= 4 is 17.4 Å². The Morgan fingerprint density at radius 1 is 1.53 bits per heavy atom. The summed E-state index contributed by atoms with van der Waals surface area (Å²) in [6, 6.07) is 7.05. The number of carbonyl (C=O) groups is 2. The summed E-state index contributed by atoms with van der Waals surface area (Å²) in [7, 11) is 0. The maximum absolute atomic E-state index is 12.0. The molecule has 0 aliphatic carbocycles. The van der Waals surface area contributed by atoms with Crippen molar-refractivity contribution < 1.29 is 14.3 Å². The first-order valence-corrected chi connectivity index (χ1v) is 6.34. The van der Waals surface area contributed by atoms with Gasteiger partial charge in [0.1, 0.15) is 6.61 Å². The van der Waals surface area contributed by atoms with Crippen LogP contribution in [0.15, 0.2) is 24.3 Å². The first kappa shape index (κ1) is 13.7. The zero-order chi connectivity index (χ0) is 13.8. The molecule has 1 aromatic carbocycles. The minimum atomic E-state index is -0.0922. The third kappa shape index (κ3) is 3.00. The number of morpholine rings is 1. The summed E-state index contributed by atoms with van der Waals surface area (Å²) in [5.41, 5.74) is 6.91. The van der Waals surface area contributed by atoms with Gasteiger partial charge in [0, 0.05) is 11.3 Å². The Balaban J connectivity index is 2.32. The van der Waals surface area contributed by atoms with E-state index in [0.29, 0.717) is 25.1 Å². The number of nitrogens with zero attached hydrogens (tertiary/aromatic N) is 1. The Labute approximate surface area is 112 Å². The zero-order valence-corrected chi connectivity index (χ0v) is 11.0. The number of nitrogens with two attached hydrogens (primary N) is 1. The van der Waals surface area contributed by atoms with Gasteiger partial charge in [-0.05, 0) is 32.0 Å². The van der Waals surface area contributed by atoms with Gasteiger partial charge in [0.15, 0.2) is 5.78 Å². The lowest BCUT2D eigenvalue weighted by Gasteiger charge is -2.35. The van der Waals surface area contributed by atoms with Crippen LogP contribution in [-0.4, -0.2) is 37.5 Å². The number of carbonyl (C=O) groups excluding carboxylic acids is 2. The molecule has 0 radical (unpaired) electrons. The van der Waals surface area contributed by atoms with E-state index < -0.39 is 0 Å². The normalized spacial score (nSPS) is 19.6. The van der Waals surface area contributed by atoms with E-state index in [2.05, 4.69) is 0 Å². The van der Waals surface area contributed by atoms with Crippen LogP contribution in [-0.2, 0) is 9.53 Å². The molecule has 1 saturated heterocycles. The highest BCUT2D eigenvalue weighted by Gasteiger charge is 2.29. The SMILES string of the molecule is CC(=O)c1cccc(N2C(=O)COCC2CCN)c1. The minimum absolute atomic E-state index is 0.0158. The third-order valence-electron chi connectivity index (χ3n) is 3.20. The number of Topliss-reactive ketones (excluding diaryl/α,β-unsaturated/α-hetero) is 1. The molecule has 0 spiro atoms. The summed E-state index contributed by atoms with van der Waals surface area (Å²) >= 11 is 0. The van der Waals surface area contributed by atoms with Crippen LogP contribution in [0.1, 0.15) is 23.7 Å². The van der Waals surface area contributed by atoms with E-state index in [9.17, 15) is 9.59 Å². The second-order valence-corrected chi connectivity index (χ2v) is 4.62. The fraction of sp³-hybridized carbons (Fsp3) is 0.429. The number of ketones is 1. The number of hydrogen-bond acceptors (Lipinski definition) is 4. The molecule has 1 aliphatic heterocycles. The fourth-order valence-electron chi connectivity index (χ4n) is 2.26. The highest BCUT2D eigenvalue weighted by molar-refractivity contribution is 5.99. The lowest BCUT2D eigenvalue weighted by molar-refractivity contribution is -0.127. The predicted molar refractivity (Wildman–Crippen MR) is 72.2 cm³/mol. The molecule has 0 aromatic heterocycles. The smallest absolute Gasteiger partial charge is 0.253 e. The topological polar surface area (TPSA) is 72.6 Å². The van der Waals surface area contributed by atoms with E-state index >= 15 is 0 Å². The highest BCUT2D eigenvalue weighted by Crippen LogP contribution is 2.23. The summed E-state index contributed by atoms with van der Waals surface area (Å²) in [6.07, 6.45) is 0.677. The van der Waals surface area contributed by atoms with Crippen molar-refractivity contribution in [1.29, 1.82) is 0 Å². The van der Waals surface area contributed by atoms with Gasteiger partial charge in [-0.25, -0.2) is 0 Å². The van der Waals surface area contributed by atoms with Gasteiger partial charge in [0.2, 0.25) is 0 Å². The maximum Gasteiger partial charge on any atom is 0.253 e. The Kier molecular flexibility index (Phi) is 4.29. The largest absolute Gasteiger partial charge is 0.369 e. The van der Waals surface area contributed by atoms with Crippen LogP contribution >= 0.6 is 0 Å². The van der Waals surface area contributed by atoms with E-state index in [1.165, 1.54) is 6.92 Å². The van der Waals surface area contributed by atoms with E-state index in [0.717, 1.165) is 5.69 Å². The lowest BCUT2D eigenvalue weighted by Crippen LogP contribution is -2.50. The van der Waals surface area contributed by atoms with Gasteiger partial charge in [0.05, 0.1) is 12.6 Å². The molecule has 1 atom stereocenters. The highest BCUT2D eigenvalue weighted by atomic mass is 16.5. The Morgan fingerprint density at radius 2 is 2.32 bits per heavy atom. The quantitative estimate of drug-likeness (QED) is 0.821. The first-order valence-electron chi connectivity index (χ1n) is 6.34. The monoisotopic (exact) mass is 262 g/mol. The number of hydrogen-bond donors (Lipinski definition) is 1. The molecule has 0 bridgehead atoms. The van der Waals surface area contributed by atoms with Crippen LogP contribution in [0.5, 0.6) is 0 Å². The number of rotatable bonds is 4. The van der Waals surface area contributed by atoms with Gasteiger partial charge < -0.3 is 15.4 Å². The molecule has 5 heteroatoms. The van der Waals surface area contributed by atoms with Crippen LogP contribution in [0.3, 0.4) is 0 Å². The summed E-state index contributed by atoms with van der Waals surface area (Å²) in [4.78, 5) is 25.2. The second-order valence-electron chi connectivity index (χ2n) is 4.62. The molecule has 5 nitrogen and oxygen atoms in total. The van der Waals surface area contributed by atoms with Crippen molar-refractivity contribution in [3.05, 3.63) is 29.8 Å². The average molecular weight is 262 g/mol. The first-order chi connectivity index (χ1) is 9.13. The molecule has 1 aromatic rings. The van der Waals surface area contributed by atoms with Crippen molar-refractivity contribution in [3.63, 3.8) is 0 Å². The van der Waals surface area contributed by atoms with Gasteiger partial charge >= 0.3 is 0 Å². The van der Waals surface area contributed by atoms with Crippen LogP contribution in [0.2, 0.25) is 0 Å². The molecule has 1 unspecified atom stereocenters. The molecule has 19 heavy (non-hydrogen) atoms. The molecule has 2 rings (SSSR count).